The van der Waals surface area contributed by atoms with E-state index in [4.69, 9.17) is 10.5 Å². The summed E-state index contributed by atoms with van der Waals surface area (Å²) in [6.45, 7) is 0.595. The monoisotopic (exact) mass is 256 g/mol. The summed E-state index contributed by atoms with van der Waals surface area (Å²) in [5.74, 6) is 0.910. The first-order valence-electron chi connectivity index (χ1n) is 7.05. The van der Waals surface area contributed by atoms with Gasteiger partial charge in [-0.1, -0.05) is 12.5 Å². The van der Waals surface area contributed by atoms with Crippen LogP contribution in [0.5, 0.6) is 5.75 Å². The zero-order valence-electron chi connectivity index (χ0n) is 11.1. The van der Waals surface area contributed by atoms with Gasteiger partial charge in [0.05, 0.1) is 5.52 Å². The molecule has 3 heteroatoms. The average molecular weight is 256 g/mol. The minimum atomic E-state index is -0.159. The Hall–Kier alpha value is -1.61. The van der Waals surface area contributed by atoms with Gasteiger partial charge in [0.1, 0.15) is 11.4 Å². The quantitative estimate of drug-likeness (QED) is 0.916. The maximum absolute atomic E-state index is 6.25. The minimum absolute atomic E-state index is 0.159. The van der Waals surface area contributed by atoms with Crippen LogP contribution >= 0.6 is 0 Å². The maximum atomic E-state index is 6.25. The van der Waals surface area contributed by atoms with E-state index in [-0.39, 0.29) is 5.60 Å². The standard InChI is InChI=1S/C16H20N2O/c17-12-16(8-2-1-3-9-16)19-14-6-7-15-13(11-14)5-4-10-18-15/h4-7,10-11H,1-3,8-9,12,17H2. The summed E-state index contributed by atoms with van der Waals surface area (Å²) in [5.41, 5.74) is 6.80. The van der Waals surface area contributed by atoms with Crippen LogP contribution in [-0.4, -0.2) is 17.1 Å². The Morgan fingerprint density at radius 3 is 2.79 bits per heavy atom. The number of ether oxygens (including phenoxy) is 1. The predicted molar refractivity (Wildman–Crippen MR) is 77.2 cm³/mol. The molecule has 0 spiro atoms. The molecule has 1 aromatic carbocycles. The average Bonchev–Trinajstić information content (AvgIpc) is 2.48. The van der Waals surface area contributed by atoms with E-state index in [2.05, 4.69) is 17.1 Å². The fourth-order valence-corrected chi connectivity index (χ4v) is 2.91. The Morgan fingerprint density at radius 1 is 1.16 bits per heavy atom. The van der Waals surface area contributed by atoms with E-state index in [0.717, 1.165) is 29.5 Å². The molecule has 0 aliphatic heterocycles. The Morgan fingerprint density at radius 2 is 2.00 bits per heavy atom. The third kappa shape index (κ3) is 2.56. The van der Waals surface area contributed by atoms with Crippen molar-refractivity contribution in [3.05, 3.63) is 36.5 Å². The number of nitrogens with zero attached hydrogens (tertiary/aromatic N) is 1. The zero-order chi connectivity index (χ0) is 13.1. The lowest BCUT2D eigenvalue weighted by Gasteiger charge is -2.36. The molecule has 0 bridgehead atoms. The SMILES string of the molecule is NCC1(Oc2ccc3ncccc3c2)CCCCC1. The topological polar surface area (TPSA) is 48.1 Å². The molecule has 2 N–H and O–H groups in total. The second-order valence-corrected chi connectivity index (χ2v) is 5.41. The molecule has 2 aromatic rings. The van der Waals surface area contributed by atoms with Crippen LogP contribution in [0, 0.1) is 0 Å². The summed E-state index contributed by atoms with van der Waals surface area (Å²) in [6.07, 6.45) is 7.67. The van der Waals surface area contributed by atoms with Crippen LogP contribution in [0.3, 0.4) is 0 Å². The van der Waals surface area contributed by atoms with E-state index in [1.165, 1.54) is 19.3 Å². The van der Waals surface area contributed by atoms with Gasteiger partial charge in [0, 0.05) is 18.1 Å². The Balaban J connectivity index is 1.87. The number of nitrogens with two attached hydrogens (primary N) is 1. The number of aromatic nitrogens is 1. The highest BCUT2D eigenvalue weighted by atomic mass is 16.5. The number of fused-ring (bicyclic) bond motifs is 1. The third-order valence-electron chi connectivity index (χ3n) is 4.05. The van der Waals surface area contributed by atoms with Gasteiger partial charge in [0.15, 0.2) is 0 Å². The normalized spacial score (nSPS) is 18.4. The van der Waals surface area contributed by atoms with Gasteiger partial charge in [-0.25, -0.2) is 0 Å². The van der Waals surface area contributed by atoms with Gasteiger partial charge in [-0.2, -0.15) is 0 Å². The predicted octanol–water partition coefficient (Wildman–Crippen LogP) is 3.28. The van der Waals surface area contributed by atoms with Gasteiger partial charge in [0.25, 0.3) is 0 Å². The lowest BCUT2D eigenvalue weighted by Crippen LogP contribution is -2.45. The lowest BCUT2D eigenvalue weighted by molar-refractivity contribution is 0.0388. The number of hydrogen-bond acceptors (Lipinski definition) is 3. The van der Waals surface area contributed by atoms with Gasteiger partial charge >= 0.3 is 0 Å². The van der Waals surface area contributed by atoms with Crippen molar-refractivity contribution in [2.75, 3.05) is 6.54 Å². The van der Waals surface area contributed by atoms with Gasteiger partial charge in [-0.15, -0.1) is 0 Å². The molecule has 19 heavy (non-hydrogen) atoms. The van der Waals surface area contributed by atoms with Crippen LogP contribution in [0.15, 0.2) is 36.5 Å². The van der Waals surface area contributed by atoms with E-state index >= 15 is 0 Å². The van der Waals surface area contributed by atoms with Crippen molar-refractivity contribution in [3.63, 3.8) is 0 Å². The molecule has 1 aliphatic carbocycles. The van der Waals surface area contributed by atoms with Crippen LogP contribution < -0.4 is 10.5 Å². The smallest absolute Gasteiger partial charge is 0.121 e. The van der Waals surface area contributed by atoms with E-state index in [0.29, 0.717) is 6.54 Å². The van der Waals surface area contributed by atoms with Crippen LogP contribution in [0.4, 0.5) is 0 Å². The second-order valence-electron chi connectivity index (χ2n) is 5.41. The molecular weight excluding hydrogens is 236 g/mol. The van der Waals surface area contributed by atoms with Crippen molar-refractivity contribution in [2.24, 2.45) is 5.73 Å². The second kappa shape index (κ2) is 5.17. The number of hydrogen-bond donors (Lipinski definition) is 1. The highest BCUT2D eigenvalue weighted by molar-refractivity contribution is 5.79. The summed E-state index contributed by atoms with van der Waals surface area (Å²) in [4.78, 5) is 4.33. The molecule has 0 radical (unpaired) electrons. The van der Waals surface area contributed by atoms with Gasteiger partial charge in [-0.05, 0) is 49.9 Å². The molecule has 0 saturated heterocycles. The molecule has 1 heterocycles. The fourth-order valence-electron chi connectivity index (χ4n) is 2.91. The van der Waals surface area contributed by atoms with Gasteiger partial charge < -0.3 is 10.5 Å². The first kappa shape index (κ1) is 12.4. The third-order valence-corrected chi connectivity index (χ3v) is 4.05. The van der Waals surface area contributed by atoms with Crippen molar-refractivity contribution in [2.45, 2.75) is 37.7 Å². The molecule has 3 rings (SSSR count). The number of pyridine rings is 1. The van der Waals surface area contributed by atoms with Gasteiger partial charge in [-0.3, -0.25) is 4.98 Å². The lowest BCUT2D eigenvalue weighted by atomic mass is 9.84. The highest BCUT2D eigenvalue weighted by Gasteiger charge is 2.32. The van der Waals surface area contributed by atoms with Crippen LogP contribution in [-0.2, 0) is 0 Å². The van der Waals surface area contributed by atoms with E-state index in [1.807, 2.05) is 24.4 Å². The maximum Gasteiger partial charge on any atom is 0.121 e. The summed E-state index contributed by atoms with van der Waals surface area (Å²) in [5, 5.41) is 1.11. The van der Waals surface area contributed by atoms with Crippen molar-refractivity contribution >= 4 is 10.9 Å². The van der Waals surface area contributed by atoms with Crippen molar-refractivity contribution in [1.29, 1.82) is 0 Å². The van der Waals surface area contributed by atoms with Crippen LogP contribution in [0.2, 0.25) is 0 Å². The molecule has 1 aliphatic rings. The number of benzene rings is 1. The number of rotatable bonds is 3. The first-order chi connectivity index (χ1) is 9.31. The van der Waals surface area contributed by atoms with Crippen LogP contribution in [0.1, 0.15) is 32.1 Å². The largest absolute Gasteiger partial charge is 0.486 e. The van der Waals surface area contributed by atoms with Crippen molar-refractivity contribution in [1.82, 2.24) is 4.98 Å². The van der Waals surface area contributed by atoms with E-state index in [9.17, 15) is 0 Å². The summed E-state index contributed by atoms with van der Waals surface area (Å²) in [7, 11) is 0. The minimum Gasteiger partial charge on any atom is -0.486 e. The molecule has 0 amide bonds. The molecule has 100 valence electrons. The summed E-state index contributed by atoms with van der Waals surface area (Å²) < 4.78 is 6.25. The van der Waals surface area contributed by atoms with Crippen molar-refractivity contribution < 1.29 is 4.74 Å². The Kier molecular flexibility index (Phi) is 3.38. The molecule has 0 atom stereocenters. The molecule has 0 unspecified atom stereocenters. The molecule has 1 fully saturated rings. The Labute approximate surface area is 113 Å². The zero-order valence-corrected chi connectivity index (χ0v) is 11.1. The summed E-state index contributed by atoms with van der Waals surface area (Å²) >= 11 is 0. The first-order valence-corrected chi connectivity index (χ1v) is 7.05. The fraction of sp³-hybridized carbons (Fsp3) is 0.438. The molecule has 1 saturated carbocycles. The van der Waals surface area contributed by atoms with Crippen molar-refractivity contribution in [3.8, 4) is 5.75 Å². The van der Waals surface area contributed by atoms with E-state index in [1.54, 1.807) is 0 Å². The molecule has 1 aromatic heterocycles. The molecule has 3 nitrogen and oxygen atoms in total. The van der Waals surface area contributed by atoms with E-state index < -0.39 is 0 Å². The molecular formula is C16H20N2O. The van der Waals surface area contributed by atoms with Crippen LogP contribution in [0.25, 0.3) is 10.9 Å². The van der Waals surface area contributed by atoms with Gasteiger partial charge in [0.2, 0.25) is 0 Å². The summed E-state index contributed by atoms with van der Waals surface area (Å²) in [6, 6.07) is 10.1. The Bertz CT molecular complexity index is 561. The highest BCUT2D eigenvalue weighted by Crippen LogP contribution is 2.33.